The van der Waals surface area contributed by atoms with Crippen molar-refractivity contribution < 1.29 is 0 Å². The molecule has 1 aromatic rings. The van der Waals surface area contributed by atoms with E-state index in [-0.39, 0.29) is 0 Å². The molecule has 1 heterocycles. The van der Waals surface area contributed by atoms with Gasteiger partial charge in [-0.2, -0.15) is 0 Å². The van der Waals surface area contributed by atoms with Crippen LogP contribution < -0.4 is 5.32 Å². The summed E-state index contributed by atoms with van der Waals surface area (Å²) in [7, 11) is 2.13. The predicted molar refractivity (Wildman–Crippen MR) is 75.8 cm³/mol. The normalized spacial score (nSPS) is 28.9. The lowest BCUT2D eigenvalue weighted by Crippen LogP contribution is -2.41. The second-order valence-corrected chi connectivity index (χ2v) is 5.67. The Morgan fingerprint density at radius 2 is 1.89 bits per heavy atom. The zero-order valence-electron chi connectivity index (χ0n) is 11.4. The van der Waals surface area contributed by atoms with Gasteiger partial charge >= 0.3 is 0 Å². The number of aryl methyl sites for hydroxylation is 1. The number of likely N-dealkylation sites (tertiary alicyclic amines) is 1. The second kappa shape index (κ2) is 5.41. The van der Waals surface area contributed by atoms with Crippen LogP contribution in [0, 0.1) is 0 Å². The van der Waals surface area contributed by atoms with Gasteiger partial charge in [-0.25, -0.2) is 0 Å². The number of benzene rings is 1. The third-order valence-electron chi connectivity index (χ3n) is 4.62. The highest BCUT2D eigenvalue weighted by molar-refractivity contribution is 5.32. The highest BCUT2D eigenvalue weighted by atomic mass is 15.2. The van der Waals surface area contributed by atoms with E-state index in [0.29, 0.717) is 12.1 Å². The van der Waals surface area contributed by atoms with E-state index in [0.717, 1.165) is 0 Å². The Bertz CT molecular complexity index is 396. The fraction of sp³-hybridized carbons (Fsp3) is 0.625. The van der Waals surface area contributed by atoms with Crippen LogP contribution in [0.25, 0.3) is 0 Å². The molecule has 1 aromatic carbocycles. The van der Waals surface area contributed by atoms with Crippen molar-refractivity contribution in [2.45, 2.75) is 44.2 Å². The van der Waals surface area contributed by atoms with Gasteiger partial charge in [0.2, 0.25) is 0 Å². The zero-order chi connectivity index (χ0) is 12.4. The number of nitrogens with one attached hydrogen (secondary N) is 1. The van der Waals surface area contributed by atoms with E-state index in [2.05, 4.69) is 41.5 Å². The molecule has 3 rings (SSSR count). The van der Waals surface area contributed by atoms with Crippen LogP contribution in [0.2, 0.25) is 0 Å². The Morgan fingerprint density at radius 1 is 1.11 bits per heavy atom. The van der Waals surface area contributed by atoms with Crippen molar-refractivity contribution in [3.05, 3.63) is 35.4 Å². The maximum atomic E-state index is 3.57. The minimum Gasteiger partial charge on any atom is -0.315 e. The average Bonchev–Trinajstić information content (AvgIpc) is 2.86. The third-order valence-corrected chi connectivity index (χ3v) is 4.62. The lowest BCUT2D eigenvalue weighted by molar-refractivity contribution is 0.193. The first-order chi connectivity index (χ1) is 8.90. The molecule has 2 heteroatoms. The Hall–Kier alpha value is -0.860. The molecule has 1 fully saturated rings. The summed E-state index contributed by atoms with van der Waals surface area (Å²) < 4.78 is 0. The van der Waals surface area contributed by atoms with Crippen molar-refractivity contribution in [3.63, 3.8) is 0 Å². The highest BCUT2D eigenvalue weighted by Crippen LogP contribution is 2.35. The van der Waals surface area contributed by atoms with E-state index in [4.69, 9.17) is 0 Å². The minimum atomic E-state index is 0.594. The van der Waals surface area contributed by atoms with Crippen molar-refractivity contribution in [2.24, 2.45) is 0 Å². The molecule has 0 amide bonds. The Labute approximate surface area is 110 Å². The molecule has 18 heavy (non-hydrogen) atoms. The second-order valence-electron chi connectivity index (χ2n) is 5.67. The quantitative estimate of drug-likeness (QED) is 0.805. The van der Waals surface area contributed by atoms with E-state index >= 15 is 0 Å². The van der Waals surface area contributed by atoms with Gasteiger partial charge in [-0.3, -0.25) is 4.90 Å². The molecule has 1 aliphatic carbocycles. The van der Waals surface area contributed by atoms with Gasteiger partial charge in [-0.15, -0.1) is 0 Å². The average molecular weight is 244 g/mol. The molecule has 0 bridgehead atoms. The molecule has 0 radical (unpaired) electrons. The van der Waals surface area contributed by atoms with Crippen LogP contribution in [-0.4, -0.2) is 31.1 Å². The molecule has 2 atom stereocenters. The topological polar surface area (TPSA) is 15.3 Å². The predicted octanol–water partition coefficient (Wildman–Crippen LogP) is 2.75. The number of rotatable bonds is 2. The smallest absolute Gasteiger partial charge is 0.0503 e. The number of fused-ring (bicyclic) bond motifs is 1. The SMILES string of the molecule is CN[C@H]1CCCc2ccccc2[C@@H]1N1CCCC1. The zero-order valence-corrected chi connectivity index (χ0v) is 11.4. The third kappa shape index (κ3) is 2.19. The van der Waals surface area contributed by atoms with Gasteiger partial charge in [0, 0.05) is 6.04 Å². The number of nitrogens with zero attached hydrogens (tertiary/aromatic N) is 1. The lowest BCUT2D eigenvalue weighted by Gasteiger charge is -2.34. The molecule has 1 aliphatic heterocycles. The van der Waals surface area contributed by atoms with Crippen molar-refractivity contribution in [1.82, 2.24) is 10.2 Å². The van der Waals surface area contributed by atoms with E-state index in [1.54, 1.807) is 11.1 Å². The van der Waals surface area contributed by atoms with Crippen LogP contribution in [0.5, 0.6) is 0 Å². The van der Waals surface area contributed by atoms with Crippen LogP contribution in [-0.2, 0) is 6.42 Å². The Balaban J connectivity index is 1.98. The molecular formula is C16H24N2. The van der Waals surface area contributed by atoms with Crippen LogP contribution in [0.3, 0.4) is 0 Å². The van der Waals surface area contributed by atoms with E-state index in [1.165, 1.54) is 45.2 Å². The number of likely N-dealkylation sites (N-methyl/N-ethyl adjacent to an activating group) is 1. The van der Waals surface area contributed by atoms with Gasteiger partial charge in [0.25, 0.3) is 0 Å². The van der Waals surface area contributed by atoms with E-state index < -0.39 is 0 Å². The molecule has 1 saturated heterocycles. The molecule has 0 saturated carbocycles. The number of hydrogen-bond donors (Lipinski definition) is 1. The fourth-order valence-corrected chi connectivity index (χ4v) is 3.71. The van der Waals surface area contributed by atoms with Crippen molar-refractivity contribution >= 4 is 0 Å². The molecule has 2 aliphatic rings. The summed E-state index contributed by atoms with van der Waals surface area (Å²) in [5, 5.41) is 3.57. The summed E-state index contributed by atoms with van der Waals surface area (Å²) in [4.78, 5) is 2.70. The summed E-state index contributed by atoms with van der Waals surface area (Å²) in [5.41, 5.74) is 3.16. The first-order valence-corrected chi connectivity index (χ1v) is 7.39. The minimum absolute atomic E-state index is 0.594. The van der Waals surface area contributed by atoms with Crippen molar-refractivity contribution in [3.8, 4) is 0 Å². The van der Waals surface area contributed by atoms with Gasteiger partial charge < -0.3 is 5.32 Å². The first kappa shape index (κ1) is 12.2. The molecule has 2 nitrogen and oxygen atoms in total. The summed E-state index contributed by atoms with van der Waals surface area (Å²) in [6, 6.07) is 10.3. The standard InChI is InChI=1S/C16H24N2/c1-17-15-10-6-8-13-7-2-3-9-14(13)16(15)18-11-4-5-12-18/h2-3,7,9,15-17H,4-6,8,10-12H2,1H3/t15-,16-/m0/s1. The molecular weight excluding hydrogens is 220 g/mol. The maximum absolute atomic E-state index is 3.57. The Morgan fingerprint density at radius 3 is 2.67 bits per heavy atom. The molecule has 0 unspecified atom stereocenters. The van der Waals surface area contributed by atoms with Gasteiger partial charge in [-0.1, -0.05) is 24.3 Å². The largest absolute Gasteiger partial charge is 0.315 e. The monoisotopic (exact) mass is 244 g/mol. The molecule has 98 valence electrons. The van der Waals surface area contributed by atoms with Crippen LogP contribution in [0.4, 0.5) is 0 Å². The van der Waals surface area contributed by atoms with Gasteiger partial charge in [0.05, 0.1) is 6.04 Å². The highest BCUT2D eigenvalue weighted by Gasteiger charge is 2.32. The lowest BCUT2D eigenvalue weighted by atomic mass is 9.95. The van der Waals surface area contributed by atoms with Gasteiger partial charge in [-0.05, 0) is 63.4 Å². The molecule has 0 spiro atoms. The van der Waals surface area contributed by atoms with Crippen LogP contribution in [0.1, 0.15) is 42.9 Å². The summed E-state index contributed by atoms with van der Waals surface area (Å²) in [5.74, 6) is 0. The number of hydrogen-bond acceptors (Lipinski definition) is 2. The van der Waals surface area contributed by atoms with E-state index in [9.17, 15) is 0 Å². The Kier molecular flexibility index (Phi) is 3.67. The summed E-state index contributed by atoms with van der Waals surface area (Å²) in [6.07, 6.45) is 6.60. The maximum Gasteiger partial charge on any atom is 0.0503 e. The van der Waals surface area contributed by atoms with Crippen molar-refractivity contribution in [2.75, 3.05) is 20.1 Å². The first-order valence-electron chi connectivity index (χ1n) is 7.39. The van der Waals surface area contributed by atoms with E-state index in [1.807, 2.05) is 0 Å². The summed E-state index contributed by atoms with van der Waals surface area (Å²) in [6.45, 7) is 2.55. The molecule has 1 N–H and O–H groups in total. The van der Waals surface area contributed by atoms with Gasteiger partial charge in [0.1, 0.15) is 0 Å². The van der Waals surface area contributed by atoms with Crippen molar-refractivity contribution in [1.29, 1.82) is 0 Å². The molecule has 0 aromatic heterocycles. The van der Waals surface area contributed by atoms with Crippen LogP contribution >= 0.6 is 0 Å². The fourth-order valence-electron chi connectivity index (χ4n) is 3.71. The van der Waals surface area contributed by atoms with Gasteiger partial charge in [0.15, 0.2) is 0 Å². The summed E-state index contributed by atoms with van der Waals surface area (Å²) >= 11 is 0. The van der Waals surface area contributed by atoms with Crippen LogP contribution in [0.15, 0.2) is 24.3 Å².